The second kappa shape index (κ2) is 7.47. The molecule has 3 rings (SSSR count). The van der Waals surface area contributed by atoms with Gasteiger partial charge in [0.15, 0.2) is 11.5 Å². The van der Waals surface area contributed by atoms with Crippen LogP contribution in [-0.4, -0.2) is 18.6 Å². The van der Waals surface area contributed by atoms with Gasteiger partial charge in [0.25, 0.3) is 0 Å². The molecule has 0 aliphatic carbocycles. The van der Waals surface area contributed by atoms with Crippen LogP contribution in [0.1, 0.15) is 43.9 Å². The zero-order chi connectivity index (χ0) is 18.7. The Bertz CT molecular complexity index is 832. The van der Waals surface area contributed by atoms with Crippen LogP contribution in [0.4, 0.5) is 5.69 Å². The van der Waals surface area contributed by atoms with Crippen LogP contribution in [0.2, 0.25) is 0 Å². The topological polar surface area (TPSA) is 76.7 Å². The largest absolute Gasteiger partial charge is 0.454 e. The third-order valence-corrected chi connectivity index (χ3v) is 4.28. The highest BCUT2D eigenvalue weighted by atomic mass is 16.7. The number of carbonyl (C=O) groups excluding carboxylic acids is 2. The smallest absolute Gasteiger partial charge is 0.313 e. The fraction of sp³-hybridized carbons (Fsp3) is 0.300. The number of anilines is 1. The third kappa shape index (κ3) is 3.79. The highest BCUT2D eigenvalue weighted by Crippen LogP contribution is 2.34. The number of benzene rings is 2. The predicted molar refractivity (Wildman–Crippen MR) is 98.3 cm³/mol. The van der Waals surface area contributed by atoms with Gasteiger partial charge in [-0.2, -0.15) is 0 Å². The molecule has 1 atom stereocenters. The molecular formula is C20H22N2O4. The summed E-state index contributed by atoms with van der Waals surface area (Å²) in [5.41, 5.74) is 2.47. The Kier molecular flexibility index (Phi) is 5.11. The highest BCUT2D eigenvalue weighted by molar-refractivity contribution is 6.39. The minimum atomic E-state index is -0.689. The first-order valence-corrected chi connectivity index (χ1v) is 8.56. The fourth-order valence-corrected chi connectivity index (χ4v) is 2.82. The van der Waals surface area contributed by atoms with Gasteiger partial charge in [-0.3, -0.25) is 9.59 Å². The van der Waals surface area contributed by atoms with Crippen LogP contribution in [0.5, 0.6) is 11.5 Å². The van der Waals surface area contributed by atoms with Crippen LogP contribution in [0.3, 0.4) is 0 Å². The molecule has 6 nitrogen and oxygen atoms in total. The van der Waals surface area contributed by atoms with Crippen molar-refractivity contribution in [2.45, 2.75) is 32.7 Å². The number of fused-ring (bicyclic) bond motifs is 1. The summed E-state index contributed by atoms with van der Waals surface area (Å²) < 4.78 is 10.6. The van der Waals surface area contributed by atoms with Gasteiger partial charge in [-0.15, -0.1) is 0 Å². The van der Waals surface area contributed by atoms with Crippen molar-refractivity contribution in [2.75, 3.05) is 12.1 Å². The molecule has 6 heteroatoms. The number of hydrogen-bond acceptors (Lipinski definition) is 4. The van der Waals surface area contributed by atoms with Crippen molar-refractivity contribution >= 4 is 17.5 Å². The standard InChI is InChI=1S/C20H22N2O4/c1-12(2)15-6-4-5-7-16(15)22-20(24)19(23)21-13(3)14-8-9-17-18(10-14)26-11-25-17/h4-10,12-13H,11H2,1-3H3,(H,21,23)(H,22,24). The molecule has 2 aromatic carbocycles. The molecule has 2 aromatic rings. The van der Waals surface area contributed by atoms with Crippen molar-refractivity contribution in [1.82, 2.24) is 5.32 Å². The lowest BCUT2D eigenvalue weighted by atomic mass is 10.0. The Balaban J connectivity index is 1.65. The summed E-state index contributed by atoms with van der Waals surface area (Å²) in [6.45, 7) is 6.07. The fourth-order valence-electron chi connectivity index (χ4n) is 2.82. The maximum Gasteiger partial charge on any atom is 0.313 e. The molecule has 1 aliphatic heterocycles. The Morgan fingerprint density at radius 2 is 1.69 bits per heavy atom. The highest BCUT2D eigenvalue weighted by Gasteiger charge is 2.21. The number of ether oxygens (including phenoxy) is 2. The molecule has 0 radical (unpaired) electrons. The summed E-state index contributed by atoms with van der Waals surface area (Å²) in [7, 11) is 0. The molecule has 136 valence electrons. The molecule has 0 fully saturated rings. The van der Waals surface area contributed by atoms with Gasteiger partial charge < -0.3 is 20.1 Å². The van der Waals surface area contributed by atoms with Gasteiger partial charge >= 0.3 is 11.8 Å². The van der Waals surface area contributed by atoms with Gasteiger partial charge in [-0.1, -0.05) is 38.1 Å². The van der Waals surface area contributed by atoms with Gasteiger partial charge in [0.2, 0.25) is 6.79 Å². The van der Waals surface area contributed by atoms with Crippen LogP contribution in [0.15, 0.2) is 42.5 Å². The lowest BCUT2D eigenvalue weighted by Gasteiger charge is -2.16. The van der Waals surface area contributed by atoms with Crippen molar-refractivity contribution in [2.24, 2.45) is 0 Å². The molecule has 1 heterocycles. The Labute approximate surface area is 152 Å². The van der Waals surface area contributed by atoms with E-state index in [0.717, 1.165) is 11.1 Å². The SMILES string of the molecule is CC(C)c1ccccc1NC(=O)C(=O)NC(C)c1ccc2c(c1)OCO2. The van der Waals surface area contributed by atoms with E-state index in [0.29, 0.717) is 17.2 Å². The molecule has 0 saturated carbocycles. The van der Waals surface area contributed by atoms with E-state index >= 15 is 0 Å². The van der Waals surface area contributed by atoms with Crippen LogP contribution in [-0.2, 0) is 9.59 Å². The number of nitrogens with one attached hydrogen (secondary N) is 2. The summed E-state index contributed by atoms with van der Waals surface area (Å²) >= 11 is 0. The Hall–Kier alpha value is -3.02. The van der Waals surface area contributed by atoms with E-state index in [4.69, 9.17) is 9.47 Å². The monoisotopic (exact) mass is 354 g/mol. The average molecular weight is 354 g/mol. The summed E-state index contributed by atoms with van der Waals surface area (Å²) in [4.78, 5) is 24.5. The van der Waals surface area contributed by atoms with E-state index in [9.17, 15) is 9.59 Å². The molecular weight excluding hydrogens is 332 g/mol. The first-order chi connectivity index (χ1) is 12.5. The van der Waals surface area contributed by atoms with E-state index < -0.39 is 11.8 Å². The van der Waals surface area contributed by atoms with Crippen molar-refractivity contribution in [3.63, 3.8) is 0 Å². The van der Waals surface area contributed by atoms with Crippen molar-refractivity contribution in [3.05, 3.63) is 53.6 Å². The van der Waals surface area contributed by atoms with Crippen LogP contribution >= 0.6 is 0 Å². The predicted octanol–water partition coefficient (Wildman–Crippen LogP) is 3.35. The summed E-state index contributed by atoms with van der Waals surface area (Å²) in [6, 6.07) is 12.6. The van der Waals surface area contributed by atoms with E-state index in [-0.39, 0.29) is 18.8 Å². The number of amides is 2. The maximum absolute atomic E-state index is 12.3. The minimum Gasteiger partial charge on any atom is -0.454 e. The van der Waals surface area contributed by atoms with Crippen molar-refractivity contribution in [3.8, 4) is 11.5 Å². The molecule has 0 bridgehead atoms. The number of rotatable bonds is 4. The molecule has 0 aromatic heterocycles. The molecule has 1 aliphatic rings. The van der Waals surface area contributed by atoms with Gasteiger partial charge in [0, 0.05) is 5.69 Å². The van der Waals surface area contributed by atoms with Crippen LogP contribution in [0.25, 0.3) is 0 Å². The van der Waals surface area contributed by atoms with E-state index in [1.54, 1.807) is 18.2 Å². The number of carbonyl (C=O) groups is 2. The summed E-state index contributed by atoms with van der Waals surface area (Å²) in [6.07, 6.45) is 0. The van der Waals surface area contributed by atoms with Gasteiger partial charge in [-0.05, 0) is 42.2 Å². The zero-order valence-corrected chi connectivity index (χ0v) is 15.0. The number of hydrogen-bond donors (Lipinski definition) is 2. The van der Waals surface area contributed by atoms with Gasteiger partial charge in [-0.25, -0.2) is 0 Å². The lowest BCUT2D eigenvalue weighted by molar-refractivity contribution is -0.136. The molecule has 2 N–H and O–H groups in total. The molecule has 0 saturated heterocycles. The minimum absolute atomic E-state index is 0.192. The summed E-state index contributed by atoms with van der Waals surface area (Å²) in [5.74, 6) is 0.177. The van der Waals surface area contributed by atoms with Gasteiger partial charge in [0.1, 0.15) is 0 Å². The molecule has 2 amide bonds. The maximum atomic E-state index is 12.3. The normalized spacial score (nSPS) is 13.4. The second-order valence-corrected chi connectivity index (χ2v) is 6.50. The van der Waals surface area contributed by atoms with Crippen LogP contribution in [0, 0.1) is 0 Å². The number of para-hydroxylation sites is 1. The van der Waals surface area contributed by atoms with Gasteiger partial charge in [0.05, 0.1) is 6.04 Å². The van der Waals surface area contributed by atoms with E-state index in [1.807, 2.05) is 45.0 Å². The lowest BCUT2D eigenvalue weighted by Crippen LogP contribution is -2.37. The average Bonchev–Trinajstić information content (AvgIpc) is 3.09. The van der Waals surface area contributed by atoms with E-state index in [1.165, 1.54) is 0 Å². The second-order valence-electron chi connectivity index (χ2n) is 6.50. The Morgan fingerprint density at radius 3 is 2.46 bits per heavy atom. The Morgan fingerprint density at radius 1 is 0.962 bits per heavy atom. The van der Waals surface area contributed by atoms with Crippen LogP contribution < -0.4 is 20.1 Å². The van der Waals surface area contributed by atoms with Crippen molar-refractivity contribution < 1.29 is 19.1 Å². The van der Waals surface area contributed by atoms with Crippen molar-refractivity contribution in [1.29, 1.82) is 0 Å². The molecule has 26 heavy (non-hydrogen) atoms. The summed E-state index contributed by atoms with van der Waals surface area (Å²) in [5, 5.41) is 5.40. The van der Waals surface area contributed by atoms with E-state index in [2.05, 4.69) is 10.6 Å². The third-order valence-electron chi connectivity index (χ3n) is 4.28. The zero-order valence-electron chi connectivity index (χ0n) is 15.0. The first kappa shape index (κ1) is 17.8. The molecule has 0 spiro atoms. The quantitative estimate of drug-likeness (QED) is 0.826. The first-order valence-electron chi connectivity index (χ1n) is 8.56. The molecule has 1 unspecified atom stereocenters.